The van der Waals surface area contributed by atoms with E-state index in [0.717, 1.165) is 0 Å². The molecule has 0 fully saturated rings. The fourth-order valence-corrected chi connectivity index (χ4v) is 1.18. The van der Waals surface area contributed by atoms with Crippen LogP contribution in [0.3, 0.4) is 0 Å². The lowest BCUT2D eigenvalue weighted by molar-refractivity contribution is 0.288. The number of nitrogens with two attached hydrogens (primary N) is 1. The molecule has 0 amide bonds. The summed E-state index contributed by atoms with van der Waals surface area (Å²) in [5.41, 5.74) is 6.37. The summed E-state index contributed by atoms with van der Waals surface area (Å²) in [4.78, 5) is 17.7. The number of anilines is 1. The zero-order valence-electron chi connectivity index (χ0n) is 7.50. The topological polar surface area (TPSA) is 92.0 Å². The molecular weight excluding hydrogens is 170 g/mol. The first kappa shape index (κ1) is 9.73. The van der Waals surface area contributed by atoms with Gasteiger partial charge in [-0.15, -0.1) is 0 Å². The minimum absolute atomic E-state index is 0.0727. The van der Waals surface area contributed by atoms with Crippen molar-refractivity contribution in [2.75, 3.05) is 12.3 Å². The number of aliphatic hydroxyl groups is 1. The number of nitrogens with zero attached hydrogens (tertiary/aromatic N) is 1. The van der Waals surface area contributed by atoms with Crippen molar-refractivity contribution in [1.82, 2.24) is 9.97 Å². The van der Waals surface area contributed by atoms with Crippen molar-refractivity contribution >= 4 is 5.95 Å². The van der Waals surface area contributed by atoms with Gasteiger partial charge >= 0.3 is 0 Å². The Bertz CT molecular complexity index is 346. The Labute approximate surface area is 75.6 Å². The Balaban J connectivity index is 2.99. The summed E-state index contributed by atoms with van der Waals surface area (Å²) in [6, 6.07) is 0. The van der Waals surface area contributed by atoms with Crippen LogP contribution in [0.15, 0.2) is 4.79 Å². The van der Waals surface area contributed by atoms with Gasteiger partial charge in [0.2, 0.25) is 5.95 Å². The Morgan fingerprint density at radius 2 is 2.31 bits per heavy atom. The molecule has 0 spiro atoms. The second kappa shape index (κ2) is 4.04. The highest BCUT2D eigenvalue weighted by molar-refractivity contribution is 5.24. The van der Waals surface area contributed by atoms with Crippen LogP contribution in [0.4, 0.5) is 5.95 Å². The number of aliphatic hydroxyl groups excluding tert-OH is 1. The molecule has 0 saturated carbocycles. The number of H-pyrrole nitrogens is 1. The number of aryl methyl sites for hydroxylation is 1. The molecule has 1 heterocycles. The molecule has 1 aromatic rings. The number of aromatic nitrogens is 2. The van der Waals surface area contributed by atoms with Gasteiger partial charge in [-0.3, -0.25) is 9.78 Å². The molecule has 5 heteroatoms. The molecule has 13 heavy (non-hydrogen) atoms. The summed E-state index contributed by atoms with van der Waals surface area (Å²) >= 11 is 0. The van der Waals surface area contributed by atoms with Crippen LogP contribution < -0.4 is 11.3 Å². The fourth-order valence-electron chi connectivity index (χ4n) is 1.18. The lowest BCUT2D eigenvalue weighted by Crippen LogP contribution is -2.18. The average Bonchev–Trinajstić information content (AvgIpc) is 2.02. The number of aromatic amines is 1. The Kier molecular flexibility index (Phi) is 3.02. The van der Waals surface area contributed by atoms with Crippen LogP contribution in [-0.2, 0) is 6.42 Å². The van der Waals surface area contributed by atoms with Crippen LogP contribution in [0.1, 0.15) is 17.7 Å². The van der Waals surface area contributed by atoms with E-state index in [0.29, 0.717) is 24.1 Å². The van der Waals surface area contributed by atoms with Gasteiger partial charge in [0.25, 0.3) is 5.56 Å². The smallest absolute Gasteiger partial charge is 0.255 e. The van der Waals surface area contributed by atoms with E-state index in [2.05, 4.69) is 9.97 Å². The van der Waals surface area contributed by atoms with Gasteiger partial charge in [0.15, 0.2) is 0 Å². The first-order valence-corrected chi connectivity index (χ1v) is 4.11. The predicted molar refractivity (Wildman–Crippen MR) is 49.4 cm³/mol. The van der Waals surface area contributed by atoms with E-state index < -0.39 is 0 Å². The molecular formula is C8H13N3O2. The maximum Gasteiger partial charge on any atom is 0.255 e. The second-order valence-corrected chi connectivity index (χ2v) is 2.84. The Hall–Kier alpha value is -1.36. The van der Waals surface area contributed by atoms with Crippen molar-refractivity contribution in [2.45, 2.75) is 19.8 Å². The summed E-state index contributed by atoms with van der Waals surface area (Å²) in [6.45, 7) is 1.81. The van der Waals surface area contributed by atoms with Gasteiger partial charge < -0.3 is 10.8 Å². The van der Waals surface area contributed by atoms with Crippen molar-refractivity contribution in [1.29, 1.82) is 0 Å². The van der Waals surface area contributed by atoms with Crippen molar-refractivity contribution in [2.24, 2.45) is 0 Å². The molecule has 4 N–H and O–H groups in total. The Morgan fingerprint density at radius 3 is 2.85 bits per heavy atom. The lowest BCUT2D eigenvalue weighted by Gasteiger charge is -2.02. The minimum atomic E-state index is -0.210. The van der Waals surface area contributed by atoms with Gasteiger partial charge in [0.1, 0.15) is 0 Å². The van der Waals surface area contributed by atoms with Crippen molar-refractivity contribution in [3.05, 3.63) is 21.6 Å². The lowest BCUT2D eigenvalue weighted by atomic mass is 10.1. The van der Waals surface area contributed by atoms with Crippen LogP contribution in [0, 0.1) is 6.92 Å². The highest BCUT2D eigenvalue weighted by atomic mass is 16.2. The van der Waals surface area contributed by atoms with Gasteiger partial charge in [-0.1, -0.05) is 0 Å². The number of nitrogens with one attached hydrogen (secondary N) is 1. The molecule has 0 bridgehead atoms. The highest BCUT2D eigenvalue weighted by Gasteiger charge is 2.05. The van der Waals surface area contributed by atoms with Gasteiger partial charge in [-0.05, 0) is 19.8 Å². The van der Waals surface area contributed by atoms with E-state index in [1.165, 1.54) is 0 Å². The van der Waals surface area contributed by atoms with Crippen LogP contribution in [0.25, 0.3) is 0 Å². The maximum atomic E-state index is 11.3. The number of rotatable bonds is 3. The summed E-state index contributed by atoms with van der Waals surface area (Å²) < 4.78 is 0. The molecule has 0 saturated heterocycles. The van der Waals surface area contributed by atoms with Gasteiger partial charge in [-0.2, -0.15) is 0 Å². The molecule has 0 aliphatic rings. The van der Waals surface area contributed by atoms with Gasteiger partial charge in [0, 0.05) is 17.9 Å². The predicted octanol–water partition coefficient (Wildman–Crippen LogP) is -0.415. The number of nitrogen functional groups attached to an aromatic ring is 1. The van der Waals surface area contributed by atoms with Crippen molar-refractivity contribution in [3.8, 4) is 0 Å². The quantitative estimate of drug-likeness (QED) is 0.593. The molecule has 1 aromatic heterocycles. The molecule has 0 unspecified atom stereocenters. The van der Waals surface area contributed by atoms with Gasteiger partial charge in [-0.25, -0.2) is 4.98 Å². The monoisotopic (exact) mass is 183 g/mol. The normalized spacial score (nSPS) is 10.3. The molecule has 0 atom stereocenters. The molecule has 1 rings (SSSR count). The second-order valence-electron chi connectivity index (χ2n) is 2.84. The van der Waals surface area contributed by atoms with E-state index >= 15 is 0 Å². The van der Waals surface area contributed by atoms with E-state index in [1.807, 2.05) is 0 Å². The summed E-state index contributed by atoms with van der Waals surface area (Å²) in [6.07, 6.45) is 1.10. The van der Waals surface area contributed by atoms with Crippen LogP contribution >= 0.6 is 0 Å². The highest BCUT2D eigenvalue weighted by Crippen LogP contribution is 2.02. The van der Waals surface area contributed by atoms with E-state index in [9.17, 15) is 4.79 Å². The number of hydrogen-bond donors (Lipinski definition) is 3. The third kappa shape index (κ3) is 2.29. The summed E-state index contributed by atoms with van der Waals surface area (Å²) in [5.74, 6) is 0.134. The number of hydrogen-bond acceptors (Lipinski definition) is 4. The average molecular weight is 183 g/mol. The van der Waals surface area contributed by atoms with Crippen molar-refractivity contribution < 1.29 is 5.11 Å². The van der Waals surface area contributed by atoms with Crippen molar-refractivity contribution in [3.63, 3.8) is 0 Å². The summed E-state index contributed by atoms with van der Waals surface area (Å²) in [7, 11) is 0. The van der Waals surface area contributed by atoms with E-state index in [-0.39, 0.29) is 18.1 Å². The molecule has 0 aromatic carbocycles. The molecule has 72 valence electrons. The largest absolute Gasteiger partial charge is 0.396 e. The first-order valence-electron chi connectivity index (χ1n) is 4.11. The van der Waals surface area contributed by atoms with Gasteiger partial charge in [0.05, 0.1) is 0 Å². The molecule has 0 aliphatic heterocycles. The van der Waals surface area contributed by atoms with Crippen LogP contribution in [-0.4, -0.2) is 21.7 Å². The van der Waals surface area contributed by atoms with Crippen LogP contribution in [0.2, 0.25) is 0 Å². The maximum absolute atomic E-state index is 11.3. The fraction of sp³-hybridized carbons (Fsp3) is 0.500. The molecule has 0 aliphatic carbocycles. The van der Waals surface area contributed by atoms with E-state index in [1.54, 1.807) is 6.92 Å². The third-order valence-corrected chi connectivity index (χ3v) is 1.83. The standard InChI is InChI=1S/C8H13N3O2/c1-5-6(3-2-4-12)7(13)11-8(9)10-5/h12H,2-4H2,1H3,(H3,9,10,11,13). The Morgan fingerprint density at radius 1 is 1.62 bits per heavy atom. The molecule has 0 radical (unpaired) electrons. The third-order valence-electron chi connectivity index (χ3n) is 1.83. The zero-order chi connectivity index (χ0) is 9.84. The first-order chi connectivity index (χ1) is 6.15. The SMILES string of the molecule is Cc1nc(N)[nH]c(=O)c1CCCO. The zero-order valence-corrected chi connectivity index (χ0v) is 7.50. The van der Waals surface area contributed by atoms with E-state index in [4.69, 9.17) is 10.8 Å². The van der Waals surface area contributed by atoms with Crippen LogP contribution in [0.5, 0.6) is 0 Å². The minimum Gasteiger partial charge on any atom is -0.396 e. The molecule has 5 nitrogen and oxygen atoms in total. The summed E-state index contributed by atoms with van der Waals surface area (Å²) in [5, 5.41) is 8.61.